The van der Waals surface area contributed by atoms with E-state index in [-0.39, 0.29) is 16.5 Å². The largest absolute Gasteiger partial charge is 0.478 e. The minimum absolute atomic E-state index is 0.0129. The minimum Gasteiger partial charge on any atom is -0.478 e. The number of hydrogen-bond acceptors (Lipinski definition) is 2. The van der Waals surface area contributed by atoms with Crippen LogP contribution in [0.15, 0.2) is 48.5 Å². The summed E-state index contributed by atoms with van der Waals surface area (Å²) in [6.45, 7) is 0. The first-order valence-corrected chi connectivity index (χ1v) is 6.80. The minimum atomic E-state index is -1.10. The fourth-order valence-electron chi connectivity index (χ4n) is 1.89. The number of hydrogen-bond donors (Lipinski definition) is 2. The van der Waals surface area contributed by atoms with Gasteiger partial charge in [-0.25, -0.2) is 4.79 Å². The van der Waals surface area contributed by atoms with Crippen molar-refractivity contribution in [3.05, 3.63) is 64.7 Å². The fraction of sp³-hybridized carbons (Fsp3) is 0.125. The lowest BCUT2D eigenvalue weighted by Gasteiger charge is -2.07. The van der Waals surface area contributed by atoms with Crippen LogP contribution in [0.1, 0.15) is 22.3 Å². The molecule has 0 fully saturated rings. The number of benzene rings is 2. The molecule has 1 amide bonds. The van der Waals surface area contributed by atoms with Gasteiger partial charge in [-0.1, -0.05) is 41.9 Å². The Balaban J connectivity index is 1.94. The molecule has 2 N–H and O–H groups in total. The van der Waals surface area contributed by atoms with Crippen LogP contribution in [0.4, 0.5) is 5.69 Å². The maximum Gasteiger partial charge on any atom is 0.337 e. The predicted octanol–water partition coefficient (Wildman–Crippen LogP) is 3.61. The van der Waals surface area contributed by atoms with Gasteiger partial charge in [-0.2, -0.15) is 0 Å². The standard InChI is InChI=1S/C16H14ClNO3/c17-14-10-12(7-8-13(14)16(20)21)18-15(19)9-6-11-4-2-1-3-5-11/h1-5,7-8,10H,6,9H2,(H,18,19)(H,20,21). The SMILES string of the molecule is O=C(CCc1ccccc1)Nc1ccc(C(=O)O)c(Cl)c1. The number of amides is 1. The molecule has 0 aliphatic carbocycles. The first-order chi connectivity index (χ1) is 10.1. The van der Waals surface area contributed by atoms with E-state index in [9.17, 15) is 9.59 Å². The van der Waals surface area contributed by atoms with Crippen LogP contribution in [0.25, 0.3) is 0 Å². The molecule has 2 aromatic rings. The summed E-state index contributed by atoms with van der Waals surface area (Å²) in [7, 11) is 0. The lowest BCUT2D eigenvalue weighted by atomic mass is 10.1. The van der Waals surface area contributed by atoms with Crippen molar-refractivity contribution in [2.45, 2.75) is 12.8 Å². The summed E-state index contributed by atoms with van der Waals surface area (Å²) in [6.07, 6.45) is 0.996. The van der Waals surface area contributed by atoms with Crippen LogP contribution in [0, 0.1) is 0 Å². The molecule has 0 aliphatic heterocycles. The van der Waals surface area contributed by atoms with E-state index < -0.39 is 5.97 Å². The molecule has 21 heavy (non-hydrogen) atoms. The molecule has 5 heteroatoms. The number of anilines is 1. The topological polar surface area (TPSA) is 66.4 Å². The van der Waals surface area contributed by atoms with Crippen LogP contribution in [-0.2, 0) is 11.2 Å². The van der Waals surface area contributed by atoms with Gasteiger partial charge < -0.3 is 10.4 Å². The lowest BCUT2D eigenvalue weighted by Crippen LogP contribution is -2.12. The van der Waals surface area contributed by atoms with Crippen molar-refractivity contribution in [2.24, 2.45) is 0 Å². The number of carboxylic acids is 1. The van der Waals surface area contributed by atoms with Crippen molar-refractivity contribution in [3.63, 3.8) is 0 Å². The van der Waals surface area contributed by atoms with E-state index >= 15 is 0 Å². The third-order valence-corrected chi connectivity index (χ3v) is 3.28. The Morgan fingerprint density at radius 1 is 1.10 bits per heavy atom. The summed E-state index contributed by atoms with van der Waals surface area (Å²) in [5.74, 6) is -1.24. The summed E-state index contributed by atoms with van der Waals surface area (Å²) in [4.78, 5) is 22.7. The first kappa shape index (κ1) is 15.1. The van der Waals surface area contributed by atoms with Gasteiger partial charge in [-0.3, -0.25) is 4.79 Å². The van der Waals surface area contributed by atoms with Gasteiger partial charge in [0.15, 0.2) is 0 Å². The van der Waals surface area contributed by atoms with E-state index in [1.165, 1.54) is 18.2 Å². The zero-order valence-electron chi connectivity index (χ0n) is 11.2. The summed E-state index contributed by atoms with van der Waals surface area (Å²) >= 11 is 5.85. The highest BCUT2D eigenvalue weighted by atomic mass is 35.5. The van der Waals surface area contributed by atoms with Crippen LogP contribution in [0.5, 0.6) is 0 Å². The number of rotatable bonds is 5. The molecule has 4 nitrogen and oxygen atoms in total. The van der Waals surface area contributed by atoms with Crippen LogP contribution < -0.4 is 5.32 Å². The van der Waals surface area contributed by atoms with Gasteiger partial charge in [0.1, 0.15) is 0 Å². The average Bonchev–Trinajstić information content (AvgIpc) is 2.46. The summed E-state index contributed by atoms with van der Waals surface area (Å²) in [5.41, 5.74) is 1.59. The van der Waals surface area contributed by atoms with Crippen molar-refractivity contribution in [3.8, 4) is 0 Å². The van der Waals surface area contributed by atoms with Gasteiger partial charge >= 0.3 is 5.97 Å². The fourth-order valence-corrected chi connectivity index (χ4v) is 2.15. The molecule has 0 atom stereocenters. The van der Waals surface area contributed by atoms with E-state index in [0.717, 1.165) is 5.56 Å². The van der Waals surface area contributed by atoms with Crippen molar-refractivity contribution in [1.82, 2.24) is 0 Å². The number of aromatic carboxylic acids is 1. The second kappa shape index (κ2) is 6.90. The average molecular weight is 304 g/mol. The number of carbonyl (C=O) groups is 2. The van der Waals surface area contributed by atoms with E-state index in [1.54, 1.807) is 0 Å². The third-order valence-electron chi connectivity index (χ3n) is 2.97. The summed E-state index contributed by atoms with van der Waals surface area (Å²) in [6, 6.07) is 14.0. The molecule has 0 radical (unpaired) electrons. The van der Waals surface area contributed by atoms with E-state index in [0.29, 0.717) is 18.5 Å². The summed E-state index contributed by atoms with van der Waals surface area (Å²) in [5, 5.41) is 11.7. The quantitative estimate of drug-likeness (QED) is 0.886. The molecule has 0 saturated heterocycles. The zero-order valence-corrected chi connectivity index (χ0v) is 11.9. The third kappa shape index (κ3) is 4.33. The van der Waals surface area contributed by atoms with E-state index in [4.69, 9.17) is 16.7 Å². The monoisotopic (exact) mass is 303 g/mol. The van der Waals surface area contributed by atoms with Gasteiger partial charge in [-0.15, -0.1) is 0 Å². The number of carboxylic acid groups (broad SMARTS) is 1. The van der Waals surface area contributed by atoms with E-state index in [2.05, 4.69) is 5.32 Å². The molecule has 2 aromatic carbocycles. The van der Waals surface area contributed by atoms with Crippen molar-refractivity contribution < 1.29 is 14.7 Å². The molecule has 108 valence electrons. The van der Waals surface area contributed by atoms with Gasteiger partial charge in [0.25, 0.3) is 0 Å². The molecular weight excluding hydrogens is 290 g/mol. The molecular formula is C16H14ClNO3. The highest BCUT2D eigenvalue weighted by molar-refractivity contribution is 6.33. The molecule has 2 rings (SSSR count). The Morgan fingerprint density at radius 2 is 1.81 bits per heavy atom. The molecule has 0 bridgehead atoms. The molecule has 0 unspecified atom stereocenters. The van der Waals surface area contributed by atoms with Crippen molar-refractivity contribution in [1.29, 1.82) is 0 Å². The van der Waals surface area contributed by atoms with Gasteiger partial charge in [-0.05, 0) is 30.2 Å². The number of halogens is 1. The molecule has 0 heterocycles. The number of aryl methyl sites for hydroxylation is 1. The molecule has 0 saturated carbocycles. The van der Waals surface area contributed by atoms with Crippen LogP contribution in [0.3, 0.4) is 0 Å². The maximum absolute atomic E-state index is 11.8. The zero-order chi connectivity index (χ0) is 15.2. The highest BCUT2D eigenvalue weighted by Crippen LogP contribution is 2.21. The van der Waals surface area contributed by atoms with Crippen LogP contribution in [0.2, 0.25) is 5.02 Å². The second-order valence-corrected chi connectivity index (χ2v) is 4.94. The molecule has 0 spiro atoms. The van der Waals surface area contributed by atoms with Gasteiger partial charge in [0.05, 0.1) is 10.6 Å². The Kier molecular flexibility index (Phi) is 4.95. The van der Waals surface area contributed by atoms with Crippen LogP contribution in [-0.4, -0.2) is 17.0 Å². The Labute approximate surface area is 127 Å². The predicted molar refractivity (Wildman–Crippen MR) is 81.8 cm³/mol. The number of nitrogens with one attached hydrogen (secondary N) is 1. The highest BCUT2D eigenvalue weighted by Gasteiger charge is 2.10. The first-order valence-electron chi connectivity index (χ1n) is 6.43. The van der Waals surface area contributed by atoms with E-state index in [1.807, 2.05) is 30.3 Å². The van der Waals surface area contributed by atoms with Crippen molar-refractivity contribution in [2.75, 3.05) is 5.32 Å². The smallest absolute Gasteiger partial charge is 0.337 e. The normalized spacial score (nSPS) is 10.1. The Morgan fingerprint density at radius 3 is 2.43 bits per heavy atom. The van der Waals surface area contributed by atoms with Gasteiger partial charge in [0, 0.05) is 12.1 Å². The lowest BCUT2D eigenvalue weighted by molar-refractivity contribution is -0.116. The Hall–Kier alpha value is -2.33. The van der Waals surface area contributed by atoms with Crippen LogP contribution >= 0.6 is 11.6 Å². The maximum atomic E-state index is 11.8. The molecule has 0 aliphatic rings. The number of carbonyl (C=O) groups excluding carboxylic acids is 1. The summed E-state index contributed by atoms with van der Waals surface area (Å²) < 4.78 is 0. The Bertz CT molecular complexity index is 656. The van der Waals surface area contributed by atoms with Gasteiger partial charge in [0.2, 0.25) is 5.91 Å². The second-order valence-electron chi connectivity index (χ2n) is 4.53. The van der Waals surface area contributed by atoms with Crippen molar-refractivity contribution >= 4 is 29.2 Å². The molecule has 0 aromatic heterocycles.